The number of nitrogens with zero attached hydrogens (tertiary/aromatic N) is 1. The lowest BCUT2D eigenvalue weighted by molar-refractivity contribution is -0.387. The molecule has 0 bridgehead atoms. The Hall–Kier alpha value is -1.54. The minimum absolute atomic E-state index is 0.180. The van der Waals surface area contributed by atoms with Gasteiger partial charge in [0.05, 0.1) is 9.82 Å². The molecular weight excluding hydrogens is 311 g/mol. The second-order valence-electron chi connectivity index (χ2n) is 5.87. The number of nitrogens with one attached hydrogen (secondary N) is 1. The fourth-order valence-corrected chi connectivity index (χ4v) is 4.20. The molecule has 1 aromatic rings. The topological polar surface area (TPSA) is 89.3 Å². The number of rotatable bonds is 4. The van der Waals surface area contributed by atoms with E-state index in [2.05, 4.69) is 11.6 Å². The predicted octanol–water partition coefficient (Wildman–Crippen LogP) is 2.84. The number of hydrogen-bond donors (Lipinski definition) is 1. The number of nitro groups is 1. The molecule has 22 heavy (non-hydrogen) atoms. The van der Waals surface area contributed by atoms with E-state index in [-0.39, 0.29) is 16.9 Å². The van der Waals surface area contributed by atoms with Gasteiger partial charge in [-0.3, -0.25) is 10.1 Å². The zero-order valence-corrected chi connectivity index (χ0v) is 13.3. The third-order valence-electron chi connectivity index (χ3n) is 4.44. The zero-order valence-electron chi connectivity index (χ0n) is 12.5. The number of nitro benzene ring substituents is 1. The molecule has 1 aromatic carbocycles. The van der Waals surface area contributed by atoms with Crippen molar-refractivity contribution in [3.63, 3.8) is 0 Å². The molecule has 0 heterocycles. The molecule has 0 saturated heterocycles. The summed E-state index contributed by atoms with van der Waals surface area (Å²) in [4.78, 5) is 9.52. The lowest BCUT2D eigenvalue weighted by Gasteiger charge is -2.34. The summed E-state index contributed by atoms with van der Waals surface area (Å²) in [6.45, 7) is 4.07. The molecule has 3 atom stereocenters. The Bertz CT molecular complexity index is 677. The Labute approximate surface area is 128 Å². The monoisotopic (exact) mass is 330 g/mol. The largest absolute Gasteiger partial charge is 0.306 e. The molecular formula is C14H19FN2O4S. The number of sulfonamides is 1. The van der Waals surface area contributed by atoms with E-state index in [9.17, 15) is 22.9 Å². The fraction of sp³-hybridized carbons (Fsp3) is 0.571. The Morgan fingerprint density at radius 2 is 2.00 bits per heavy atom. The van der Waals surface area contributed by atoms with Crippen LogP contribution in [-0.2, 0) is 10.0 Å². The zero-order chi connectivity index (χ0) is 16.5. The quantitative estimate of drug-likeness (QED) is 0.679. The Morgan fingerprint density at radius 1 is 1.32 bits per heavy atom. The lowest BCUT2D eigenvalue weighted by atomic mass is 9.78. The maximum Gasteiger partial charge on any atom is 0.306 e. The highest BCUT2D eigenvalue weighted by molar-refractivity contribution is 7.89. The van der Waals surface area contributed by atoms with E-state index < -0.39 is 26.5 Å². The molecule has 0 unspecified atom stereocenters. The van der Waals surface area contributed by atoms with Gasteiger partial charge < -0.3 is 0 Å². The van der Waals surface area contributed by atoms with Crippen molar-refractivity contribution in [1.29, 1.82) is 0 Å². The highest BCUT2D eigenvalue weighted by atomic mass is 32.2. The fourth-order valence-electron chi connectivity index (χ4n) is 2.82. The van der Waals surface area contributed by atoms with Crippen LogP contribution in [0.25, 0.3) is 0 Å². The van der Waals surface area contributed by atoms with Crippen molar-refractivity contribution in [3.05, 3.63) is 34.1 Å². The summed E-state index contributed by atoms with van der Waals surface area (Å²) in [5.41, 5.74) is -0.840. The number of halogens is 1. The smallest absolute Gasteiger partial charge is 0.258 e. The van der Waals surface area contributed by atoms with Gasteiger partial charge in [-0.25, -0.2) is 13.1 Å². The molecule has 8 heteroatoms. The standard InChI is InChI=1S/C14H19FN2O4S/c1-9-4-3-5-13(10(9)2)16-22(20,21)11-6-7-12(15)14(8-11)17(18)19/h6-10,13,16H,3-5H2,1-2H3/t9-,10-,13+/m1/s1. The average Bonchev–Trinajstić information content (AvgIpc) is 2.43. The minimum Gasteiger partial charge on any atom is -0.258 e. The van der Waals surface area contributed by atoms with Crippen LogP contribution in [0.5, 0.6) is 0 Å². The van der Waals surface area contributed by atoms with Crippen molar-refractivity contribution < 1.29 is 17.7 Å². The van der Waals surface area contributed by atoms with Gasteiger partial charge in [-0.1, -0.05) is 26.7 Å². The Morgan fingerprint density at radius 3 is 2.64 bits per heavy atom. The van der Waals surface area contributed by atoms with Gasteiger partial charge in [0, 0.05) is 12.1 Å². The molecule has 0 aliphatic heterocycles. The van der Waals surface area contributed by atoms with Crippen LogP contribution in [0.3, 0.4) is 0 Å². The lowest BCUT2D eigenvalue weighted by Crippen LogP contribution is -2.43. The maximum atomic E-state index is 13.3. The number of benzene rings is 1. The first kappa shape index (κ1) is 16.8. The van der Waals surface area contributed by atoms with Crippen molar-refractivity contribution in [2.24, 2.45) is 11.8 Å². The van der Waals surface area contributed by atoms with Gasteiger partial charge in [0.2, 0.25) is 15.8 Å². The van der Waals surface area contributed by atoms with Crippen molar-refractivity contribution in [1.82, 2.24) is 4.72 Å². The van der Waals surface area contributed by atoms with Crippen LogP contribution in [0.2, 0.25) is 0 Å². The van der Waals surface area contributed by atoms with Crippen molar-refractivity contribution in [2.45, 2.75) is 44.0 Å². The summed E-state index contributed by atoms with van der Waals surface area (Å²) in [6.07, 6.45) is 2.72. The summed E-state index contributed by atoms with van der Waals surface area (Å²) >= 11 is 0. The van der Waals surface area contributed by atoms with Gasteiger partial charge in [0.15, 0.2) is 0 Å². The molecule has 6 nitrogen and oxygen atoms in total. The van der Waals surface area contributed by atoms with Gasteiger partial charge >= 0.3 is 5.69 Å². The van der Waals surface area contributed by atoms with Gasteiger partial charge in [0.25, 0.3) is 0 Å². The summed E-state index contributed by atoms with van der Waals surface area (Å²) in [5, 5.41) is 10.7. The van der Waals surface area contributed by atoms with Crippen molar-refractivity contribution in [2.75, 3.05) is 0 Å². The van der Waals surface area contributed by atoms with Gasteiger partial charge in [0.1, 0.15) is 0 Å². The third kappa shape index (κ3) is 3.44. The molecule has 1 N–H and O–H groups in total. The summed E-state index contributed by atoms with van der Waals surface area (Å²) in [6, 6.07) is 2.40. The van der Waals surface area contributed by atoms with Gasteiger partial charge in [-0.2, -0.15) is 4.39 Å². The molecule has 0 amide bonds. The molecule has 1 aliphatic rings. The Kier molecular flexibility index (Phi) is 4.81. The van der Waals surface area contributed by atoms with E-state index in [1.807, 2.05) is 6.92 Å². The SMILES string of the molecule is C[C@@H]1[C@H](C)CCC[C@@H]1NS(=O)(=O)c1ccc(F)c([N+](=O)[O-])c1. The van der Waals surface area contributed by atoms with Crippen LogP contribution in [0, 0.1) is 27.8 Å². The molecule has 0 spiro atoms. The summed E-state index contributed by atoms with van der Waals surface area (Å²) in [5.74, 6) is -0.466. The van der Waals surface area contributed by atoms with Crippen molar-refractivity contribution >= 4 is 15.7 Å². The second-order valence-corrected chi connectivity index (χ2v) is 7.58. The van der Waals surface area contributed by atoms with Crippen molar-refractivity contribution in [3.8, 4) is 0 Å². The van der Waals surface area contributed by atoms with Crippen LogP contribution in [0.4, 0.5) is 10.1 Å². The minimum atomic E-state index is -3.91. The summed E-state index contributed by atoms with van der Waals surface area (Å²) in [7, 11) is -3.91. The Balaban J connectivity index is 2.27. The highest BCUT2D eigenvalue weighted by Crippen LogP contribution is 2.31. The van der Waals surface area contributed by atoms with Gasteiger partial charge in [-0.05, 0) is 30.4 Å². The first-order chi connectivity index (χ1) is 10.2. The predicted molar refractivity (Wildman–Crippen MR) is 79.3 cm³/mol. The molecule has 0 radical (unpaired) electrons. The van der Waals surface area contributed by atoms with Crippen LogP contribution in [-0.4, -0.2) is 19.4 Å². The summed E-state index contributed by atoms with van der Waals surface area (Å²) < 4.78 is 40.7. The molecule has 1 fully saturated rings. The van der Waals surface area contributed by atoms with E-state index in [1.165, 1.54) is 0 Å². The van der Waals surface area contributed by atoms with E-state index in [0.717, 1.165) is 37.5 Å². The maximum absolute atomic E-state index is 13.3. The van der Waals surface area contributed by atoms with Gasteiger partial charge in [-0.15, -0.1) is 0 Å². The van der Waals surface area contributed by atoms with Crippen LogP contribution >= 0.6 is 0 Å². The molecule has 2 rings (SSSR count). The first-order valence-electron chi connectivity index (χ1n) is 7.18. The first-order valence-corrected chi connectivity index (χ1v) is 8.67. The van der Waals surface area contributed by atoms with Crippen LogP contribution < -0.4 is 4.72 Å². The molecule has 1 saturated carbocycles. The average molecular weight is 330 g/mol. The second kappa shape index (κ2) is 6.29. The molecule has 0 aromatic heterocycles. The van der Waals surface area contributed by atoms with E-state index >= 15 is 0 Å². The van der Waals surface area contributed by atoms with E-state index in [0.29, 0.717) is 5.92 Å². The normalized spacial score (nSPS) is 25.9. The van der Waals surface area contributed by atoms with Crippen LogP contribution in [0.1, 0.15) is 33.1 Å². The highest BCUT2D eigenvalue weighted by Gasteiger charge is 2.31. The van der Waals surface area contributed by atoms with Crippen LogP contribution in [0.15, 0.2) is 23.1 Å². The number of hydrogen-bond acceptors (Lipinski definition) is 4. The third-order valence-corrected chi connectivity index (χ3v) is 5.93. The van der Waals surface area contributed by atoms with E-state index in [1.54, 1.807) is 0 Å². The molecule has 1 aliphatic carbocycles. The van der Waals surface area contributed by atoms with E-state index in [4.69, 9.17) is 0 Å². The molecule has 122 valence electrons.